The van der Waals surface area contributed by atoms with Gasteiger partial charge in [0.2, 0.25) is 5.91 Å². The highest BCUT2D eigenvalue weighted by molar-refractivity contribution is 7.99. The van der Waals surface area contributed by atoms with Gasteiger partial charge in [0.25, 0.3) is 0 Å². The standard InChI is InChI=1S/C15H12Cl2N6OS/c1-23-14(9-3-2-4-18-6-9)21-22-15(23)25-8-12(24)20-13-11(17)5-10(16)7-19-13/h2-7H,8H2,1H3,(H,19,20,24). The van der Waals surface area contributed by atoms with Crippen molar-refractivity contribution in [2.45, 2.75) is 5.16 Å². The third-order valence-corrected chi connectivity index (χ3v) is 4.67. The smallest absolute Gasteiger partial charge is 0.236 e. The third kappa shape index (κ3) is 4.28. The lowest BCUT2D eigenvalue weighted by Gasteiger charge is -2.06. The second kappa shape index (κ2) is 7.81. The van der Waals surface area contributed by atoms with Gasteiger partial charge in [-0.3, -0.25) is 9.78 Å². The highest BCUT2D eigenvalue weighted by Gasteiger charge is 2.14. The van der Waals surface area contributed by atoms with Gasteiger partial charge in [-0.25, -0.2) is 4.98 Å². The molecule has 3 heterocycles. The number of thioether (sulfide) groups is 1. The van der Waals surface area contributed by atoms with Crippen molar-refractivity contribution in [1.29, 1.82) is 0 Å². The predicted octanol–water partition coefficient (Wildman–Crippen LogP) is 3.31. The van der Waals surface area contributed by atoms with Crippen LogP contribution in [0.4, 0.5) is 5.82 Å². The van der Waals surface area contributed by atoms with Crippen LogP contribution >= 0.6 is 35.0 Å². The van der Waals surface area contributed by atoms with Gasteiger partial charge in [-0.05, 0) is 18.2 Å². The molecule has 0 fully saturated rings. The van der Waals surface area contributed by atoms with E-state index in [9.17, 15) is 4.79 Å². The highest BCUT2D eigenvalue weighted by atomic mass is 35.5. The number of amides is 1. The summed E-state index contributed by atoms with van der Waals surface area (Å²) in [7, 11) is 1.83. The van der Waals surface area contributed by atoms with Crippen LogP contribution < -0.4 is 5.32 Å². The predicted molar refractivity (Wildman–Crippen MR) is 97.8 cm³/mol. The molecule has 128 valence electrons. The fraction of sp³-hybridized carbons (Fsp3) is 0.133. The fourth-order valence-electron chi connectivity index (χ4n) is 1.99. The van der Waals surface area contributed by atoms with Gasteiger partial charge in [0.05, 0.1) is 15.8 Å². The number of hydrogen-bond donors (Lipinski definition) is 1. The number of nitrogens with one attached hydrogen (secondary N) is 1. The molecule has 0 radical (unpaired) electrons. The second-order valence-corrected chi connectivity index (χ2v) is 6.71. The SMILES string of the molecule is Cn1c(SCC(=O)Nc2ncc(Cl)cc2Cl)nnc1-c1cccnc1. The minimum Gasteiger partial charge on any atom is -0.309 e. The van der Waals surface area contributed by atoms with E-state index in [1.807, 2.05) is 23.7 Å². The largest absolute Gasteiger partial charge is 0.309 e. The van der Waals surface area contributed by atoms with Crippen LogP contribution in [-0.4, -0.2) is 36.4 Å². The molecule has 1 amide bonds. The Labute approximate surface area is 157 Å². The number of aromatic nitrogens is 5. The van der Waals surface area contributed by atoms with Gasteiger partial charge in [-0.15, -0.1) is 10.2 Å². The van der Waals surface area contributed by atoms with Crippen LogP contribution in [0, 0.1) is 0 Å². The summed E-state index contributed by atoms with van der Waals surface area (Å²) in [6.07, 6.45) is 4.81. The molecule has 0 atom stereocenters. The number of pyridine rings is 2. The third-order valence-electron chi connectivity index (χ3n) is 3.15. The number of carbonyl (C=O) groups excluding carboxylic acids is 1. The van der Waals surface area contributed by atoms with E-state index in [1.165, 1.54) is 24.0 Å². The Bertz CT molecular complexity index is 902. The maximum atomic E-state index is 12.1. The first-order valence-corrected chi connectivity index (χ1v) is 8.82. The number of halogens is 2. The van der Waals surface area contributed by atoms with Gasteiger partial charge >= 0.3 is 0 Å². The van der Waals surface area contributed by atoms with Gasteiger partial charge in [0.15, 0.2) is 16.8 Å². The van der Waals surface area contributed by atoms with Crippen LogP contribution in [0.3, 0.4) is 0 Å². The lowest BCUT2D eigenvalue weighted by molar-refractivity contribution is -0.113. The molecular formula is C15H12Cl2N6OS. The van der Waals surface area contributed by atoms with Gasteiger partial charge < -0.3 is 9.88 Å². The monoisotopic (exact) mass is 394 g/mol. The Morgan fingerprint density at radius 1 is 1.32 bits per heavy atom. The number of nitrogens with zero attached hydrogens (tertiary/aromatic N) is 5. The molecule has 10 heteroatoms. The Balaban J connectivity index is 1.64. The molecule has 0 aliphatic heterocycles. The van der Waals surface area contributed by atoms with Crippen LogP contribution in [0.2, 0.25) is 10.0 Å². The molecule has 0 spiro atoms. The molecule has 0 saturated heterocycles. The molecule has 3 rings (SSSR count). The molecule has 0 bridgehead atoms. The Morgan fingerprint density at radius 2 is 2.16 bits per heavy atom. The summed E-state index contributed by atoms with van der Waals surface area (Å²) in [6, 6.07) is 5.24. The summed E-state index contributed by atoms with van der Waals surface area (Å²) < 4.78 is 1.81. The summed E-state index contributed by atoms with van der Waals surface area (Å²) in [5, 5.41) is 12.2. The van der Waals surface area contributed by atoms with Crippen molar-refractivity contribution in [2.75, 3.05) is 11.1 Å². The number of anilines is 1. The van der Waals surface area contributed by atoms with Crippen molar-refractivity contribution in [3.8, 4) is 11.4 Å². The summed E-state index contributed by atoms with van der Waals surface area (Å²) in [5.74, 6) is 0.830. The van der Waals surface area contributed by atoms with E-state index in [-0.39, 0.29) is 22.5 Å². The Hall–Kier alpha value is -2.16. The topological polar surface area (TPSA) is 85.6 Å². The molecule has 25 heavy (non-hydrogen) atoms. The van der Waals surface area contributed by atoms with E-state index in [2.05, 4.69) is 25.5 Å². The van der Waals surface area contributed by atoms with Crippen molar-refractivity contribution in [3.63, 3.8) is 0 Å². The molecule has 3 aromatic heterocycles. The number of hydrogen-bond acceptors (Lipinski definition) is 6. The molecule has 1 N–H and O–H groups in total. The first-order valence-electron chi connectivity index (χ1n) is 7.08. The molecule has 0 saturated carbocycles. The Kier molecular flexibility index (Phi) is 5.52. The van der Waals surface area contributed by atoms with Gasteiger partial charge in [0, 0.05) is 31.2 Å². The minimum atomic E-state index is -0.257. The molecule has 0 aliphatic rings. The van der Waals surface area contributed by atoms with E-state index < -0.39 is 0 Å². The van der Waals surface area contributed by atoms with Crippen LogP contribution in [0.25, 0.3) is 11.4 Å². The maximum Gasteiger partial charge on any atom is 0.236 e. The van der Waals surface area contributed by atoms with Crippen molar-refractivity contribution in [2.24, 2.45) is 7.05 Å². The van der Waals surface area contributed by atoms with Crippen LogP contribution in [0.15, 0.2) is 41.9 Å². The summed E-state index contributed by atoms with van der Waals surface area (Å²) >= 11 is 13.0. The average Bonchev–Trinajstić information content (AvgIpc) is 2.97. The molecule has 0 unspecified atom stereocenters. The quantitative estimate of drug-likeness (QED) is 0.668. The lowest BCUT2D eigenvalue weighted by atomic mass is 10.3. The van der Waals surface area contributed by atoms with E-state index in [0.717, 1.165) is 5.56 Å². The lowest BCUT2D eigenvalue weighted by Crippen LogP contribution is -2.15. The van der Waals surface area contributed by atoms with Crippen molar-refractivity contribution < 1.29 is 4.79 Å². The first kappa shape index (κ1) is 17.7. The number of rotatable bonds is 5. The minimum absolute atomic E-state index is 0.139. The molecule has 3 aromatic rings. The maximum absolute atomic E-state index is 12.1. The first-order chi connectivity index (χ1) is 12.0. The number of carbonyl (C=O) groups is 1. The van der Waals surface area contributed by atoms with E-state index in [4.69, 9.17) is 23.2 Å². The van der Waals surface area contributed by atoms with Gasteiger partial charge in [0.1, 0.15) is 0 Å². The molecule has 7 nitrogen and oxygen atoms in total. The van der Waals surface area contributed by atoms with Gasteiger partial charge in [-0.2, -0.15) is 0 Å². The Morgan fingerprint density at radius 3 is 2.88 bits per heavy atom. The van der Waals surface area contributed by atoms with E-state index >= 15 is 0 Å². The average molecular weight is 395 g/mol. The zero-order chi connectivity index (χ0) is 17.8. The summed E-state index contributed by atoms with van der Waals surface area (Å²) in [4.78, 5) is 20.1. The van der Waals surface area contributed by atoms with Crippen LogP contribution in [0.5, 0.6) is 0 Å². The highest BCUT2D eigenvalue weighted by Crippen LogP contribution is 2.24. The summed E-state index contributed by atoms with van der Waals surface area (Å²) in [6.45, 7) is 0. The normalized spacial score (nSPS) is 10.7. The van der Waals surface area contributed by atoms with E-state index in [1.54, 1.807) is 12.4 Å². The van der Waals surface area contributed by atoms with Crippen molar-refractivity contribution >= 4 is 46.7 Å². The second-order valence-electron chi connectivity index (χ2n) is 4.93. The zero-order valence-corrected chi connectivity index (χ0v) is 15.3. The molecule has 0 aromatic carbocycles. The van der Waals surface area contributed by atoms with Crippen LogP contribution in [-0.2, 0) is 11.8 Å². The van der Waals surface area contributed by atoms with Crippen molar-refractivity contribution in [3.05, 3.63) is 46.8 Å². The van der Waals surface area contributed by atoms with Gasteiger partial charge in [-0.1, -0.05) is 35.0 Å². The van der Waals surface area contributed by atoms with Crippen molar-refractivity contribution in [1.82, 2.24) is 24.7 Å². The fourth-order valence-corrected chi connectivity index (χ4v) is 3.13. The van der Waals surface area contributed by atoms with E-state index in [0.29, 0.717) is 16.0 Å². The zero-order valence-electron chi connectivity index (χ0n) is 13.0. The van der Waals surface area contributed by atoms with Crippen LogP contribution in [0.1, 0.15) is 0 Å². The molecular weight excluding hydrogens is 383 g/mol. The summed E-state index contributed by atoms with van der Waals surface area (Å²) in [5.41, 5.74) is 0.853. The molecule has 0 aliphatic carbocycles.